The molecule has 0 radical (unpaired) electrons. The van der Waals surface area contributed by atoms with E-state index in [1.165, 1.54) is 39.1 Å². The van der Waals surface area contributed by atoms with E-state index in [4.69, 9.17) is 5.10 Å². The van der Waals surface area contributed by atoms with Crippen LogP contribution in [0.3, 0.4) is 0 Å². The fourth-order valence-electron chi connectivity index (χ4n) is 4.52. The molecule has 32 heavy (non-hydrogen) atoms. The molecule has 0 saturated carbocycles. The standard InChI is InChI=1S/C29H31N3/c1-6-12-27-26(19-31-32(27)23-14-8-7-9-15-23)22(4)25-18-17-21(3)28(29(25)30-5)24-16-11-10-13-20(24)2/h6-19,22,30H,1-5H3/b12-6-. The topological polar surface area (TPSA) is 29.9 Å². The number of rotatable bonds is 6. The summed E-state index contributed by atoms with van der Waals surface area (Å²) in [7, 11) is 2.02. The Balaban J connectivity index is 1.88. The Morgan fingerprint density at radius 3 is 2.28 bits per heavy atom. The lowest BCUT2D eigenvalue weighted by molar-refractivity contribution is 0.864. The molecule has 1 aromatic heterocycles. The van der Waals surface area contributed by atoms with Crippen molar-refractivity contribution in [1.29, 1.82) is 0 Å². The molecule has 0 fully saturated rings. The second-order valence-corrected chi connectivity index (χ2v) is 8.24. The zero-order chi connectivity index (χ0) is 22.7. The lowest BCUT2D eigenvalue weighted by Gasteiger charge is -2.22. The fourth-order valence-corrected chi connectivity index (χ4v) is 4.52. The number of allylic oxidation sites excluding steroid dienone is 1. The smallest absolute Gasteiger partial charge is 0.0703 e. The normalized spacial score (nSPS) is 12.3. The van der Waals surface area contributed by atoms with Gasteiger partial charge in [0.1, 0.15) is 0 Å². The lowest BCUT2D eigenvalue weighted by Crippen LogP contribution is -2.06. The summed E-state index contributed by atoms with van der Waals surface area (Å²) in [4.78, 5) is 0. The molecule has 0 aliphatic carbocycles. The molecule has 1 heterocycles. The number of hydrogen-bond donors (Lipinski definition) is 1. The number of hydrogen-bond acceptors (Lipinski definition) is 2. The summed E-state index contributed by atoms with van der Waals surface area (Å²) >= 11 is 0. The summed E-state index contributed by atoms with van der Waals surface area (Å²) in [6.07, 6.45) is 6.25. The molecule has 0 aliphatic rings. The molecule has 1 N–H and O–H groups in total. The van der Waals surface area contributed by atoms with E-state index in [0.29, 0.717) is 0 Å². The van der Waals surface area contributed by atoms with Gasteiger partial charge in [0.2, 0.25) is 0 Å². The lowest BCUT2D eigenvalue weighted by atomic mass is 9.86. The van der Waals surface area contributed by atoms with E-state index >= 15 is 0 Å². The van der Waals surface area contributed by atoms with Crippen molar-refractivity contribution in [2.75, 3.05) is 12.4 Å². The molecule has 0 amide bonds. The van der Waals surface area contributed by atoms with Gasteiger partial charge in [-0.2, -0.15) is 5.10 Å². The van der Waals surface area contributed by atoms with Crippen LogP contribution in [0.2, 0.25) is 0 Å². The number of anilines is 1. The van der Waals surface area contributed by atoms with Crippen LogP contribution in [0.4, 0.5) is 5.69 Å². The molecule has 0 saturated heterocycles. The summed E-state index contributed by atoms with van der Waals surface area (Å²) in [5.41, 5.74) is 11.0. The number of para-hydroxylation sites is 1. The first kappa shape index (κ1) is 21.6. The van der Waals surface area contributed by atoms with Crippen LogP contribution in [0.15, 0.2) is 79.0 Å². The van der Waals surface area contributed by atoms with Crippen LogP contribution >= 0.6 is 0 Å². The van der Waals surface area contributed by atoms with Crippen molar-refractivity contribution < 1.29 is 0 Å². The number of benzene rings is 3. The van der Waals surface area contributed by atoms with Gasteiger partial charge in [-0.15, -0.1) is 0 Å². The maximum atomic E-state index is 4.76. The van der Waals surface area contributed by atoms with Crippen LogP contribution in [0.25, 0.3) is 22.9 Å². The molecule has 3 heteroatoms. The SMILES string of the molecule is C/C=C\c1c(C(C)c2ccc(C)c(-c3ccccc3C)c2NC)cnn1-c1ccccc1. The van der Waals surface area contributed by atoms with Crippen molar-refractivity contribution in [2.24, 2.45) is 0 Å². The predicted molar refractivity (Wildman–Crippen MR) is 137 cm³/mol. The fraction of sp³-hybridized carbons (Fsp3) is 0.207. The Labute approximate surface area is 191 Å². The molecule has 1 atom stereocenters. The molecule has 0 aliphatic heterocycles. The van der Waals surface area contributed by atoms with Gasteiger partial charge in [0.25, 0.3) is 0 Å². The second kappa shape index (κ2) is 9.27. The summed E-state index contributed by atoms with van der Waals surface area (Å²) in [5, 5.41) is 8.29. The molecule has 162 valence electrons. The summed E-state index contributed by atoms with van der Waals surface area (Å²) in [6, 6.07) is 23.4. The highest BCUT2D eigenvalue weighted by Crippen LogP contribution is 2.41. The van der Waals surface area contributed by atoms with Gasteiger partial charge < -0.3 is 5.32 Å². The van der Waals surface area contributed by atoms with Gasteiger partial charge >= 0.3 is 0 Å². The Bertz CT molecular complexity index is 1250. The first-order valence-corrected chi connectivity index (χ1v) is 11.2. The van der Waals surface area contributed by atoms with Crippen LogP contribution in [0.1, 0.15) is 47.7 Å². The number of nitrogens with one attached hydrogen (secondary N) is 1. The molecular formula is C29H31N3. The highest BCUT2D eigenvalue weighted by Gasteiger charge is 2.22. The molecule has 3 aromatic carbocycles. The van der Waals surface area contributed by atoms with Crippen molar-refractivity contribution in [3.05, 3.63) is 107 Å². The predicted octanol–water partition coefficient (Wildman–Crippen LogP) is 7.38. The Morgan fingerprint density at radius 1 is 0.875 bits per heavy atom. The van der Waals surface area contributed by atoms with E-state index < -0.39 is 0 Å². The monoisotopic (exact) mass is 421 g/mol. The summed E-state index contributed by atoms with van der Waals surface area (Å²) in [6.45, 7) is 8.69. The number of aromatic nitrogens is 2. The first-order valence-electron chi connectivity index (χ1n) is 11.2. The minimum atomic E-state index is 0.171. The molecule has 0 bridgehead atoms. The van der Waals surface area contributed by atoms with Crippen LogP contribution < -0.4 is 5.32 Å². The maximum Gasteiger partial charge on any atom is 0.0703 e. The Kier molecular flexibility index (Phi) is 6.27. The second-order valence-electron chi connectivity index (χ2n) is 8.24. The highest BCUT2D eigenvalue weighted by atomic mass is 15.3. The average molecular weight is 422 g/mol. The van der Waals surface area contributed by atoms with Crippen molar-refractivity contribution >= 4 is 11.8 Å². The van der Waals surface area contributed by atoms with E-state index in [1.54, 1.807) is 0 Å². The van der Waals surface area contributed by atoms with Gasteiger partial charge in [0, 0.05) is 29.8 Å². The van der Waals surface area contributed by atoms with Crippen LogP contribution in [-0.2, 0) is 0 Å². The Morgan fingerprint density at radius 2 is 1.59 bits per heavy atom. The molecule has 0 spiro atoms. The van der Waals surface area contributed by atoms with Crippen LogP contribution in [-0.4, -0.2) is 16.8 Å². The quantitative estimate of drug-likeness (QED) is 0.352. The molecule has 1 unspecified atom stereocenters. The molecule has 4 aromatic rings. The van der Waals surface area contributed by atoms with Crippen molar-refractivity contribution in [3.63, 3.8) is 0 Å². The van der Waals surface area contributed by atoms with Crippen LogP contribution in [0, 0.1) is 13.8 Å². The van der Waals surface area contributed by atoms with Crippen molar-refractivity contribution in [3.8, 4) is 16.8 Å². The third kappa shape index (κ3) is 3.87. The minimum absolute atomic E-state index is 0.171. The average Bonchev–Trinajstić information content (AvgIpc) is 3.23. The van der Waals surface area contributed by atoms with Crippen molar-refractivity contribution in [1.82, 2.24) is 9.78 Å². The third-order valence-electron chi connectivity index (χ3n) is 6.20. The third-order valence-corrected chi connectivity index (χ3v) is 6.20. The molecule has 3 nitrogen and oxygen atoms in total. The van der Waals surface area contributed by atoms with E-state index in [0.717, 1.165) is 11.4 Å². The minimum Gasteiger partial charge on any atom is -0.387 e. The van der Waals surface area contributed by atoms with Gasteiger partial charge in [0.05, 0.1) is 17.6 Å². The largest absolute Gasteiger partial charge is 0.387 e. The number of aryl methyl sites for hydroxylation is 2. The van der Waals surface area contributed by atoms with Crippen LogP contribution in [0.5, 0.6) is 0 Å². The van der Waals surface area contributed by atoms with Gasteiger partial charge in [-0.3, -0.25) is 0 Å². The number of nitrogens with zero attached hydrogens (tertiary/aromatic N) is 2. The molecular weight excluding hydrogens is 390 g/mol. The van der Waals surface area contributed by atoms with E-state index in [1.807, 2.05) is 36.1 Å². The molecule has 4 rings (SSSR count). The Hall–Kier alpha value is -3.59. The zero-order valence-corrected chi connectivity index (χ0v) is 19.6. The van der Waals surface area contributed by atoms with E-state index in [2.05, 4.69) is 93.7 Å². The summed E-state index contributed by atoms with van der Waals surface area (Å²) in [5.74, 6) is 0.171. The maximum absolute atomic E-state index is 4.76. The van der Waals surface area contributed by atoms with Gasteiger partial charge in [-0.25, -0.2) is 4.68 Å². The first-order chi connectivity index (χ1) is 15.6. The highest BCUT2D eigenvalue weighted by molar-refractivity contribution is 5.85. The van der Waals surface area contributed by atoms with Gasteiger partial charge in [-0.1, -0.05) is 67.6 Å². The van der Waals surface area contributed by atoms with Crippen molar-refractivity contribution in [2.45, 2.75) is 33.6 Å². The van der Waals surface area contributed by atoms with Gasteiger partial charge in [0.15, 0.2) is 0 Å². The zero-order valence-electron chi connectivity index (χ0n) is 19.6. The van der Waals surface area contributed by atoms with E-state index in [9.17, 15) is 0 Å². The van der Waals surface area contributed by atoms with E-state index in [-0.39, 0.29) is 5.92 Å². The summed E-state index contributed by atoms with van der Waals surface area (Å²) < 4.78 is 2.03. The van der Waals surface area contributed by atoms with Gasteiger partial charge in [-0.05, 0) is 61.2 Å².